The number of rotatable bonds is 21. The van der Waals surface area contributed by atoms with Gasteiger partial charge in [0.2, 0.25) is 0 Å². The molecule has 0 aromatic heterocycles. The van der Waals surface area contributed by atoms with Crippen LogP contribution >= 0.6 is 0 Å². The van der Waals surface area contributed by atoms with Crippen LogP contribution in [0.3, 0.4) is 0 Å². The molecule has 0 rings (SSSR count). The van der Waals surface area contributed by atoms with E-state index < -0.39 is 35.8 Å². The van der Waals surface area contributed by atoms with Crippen LogP contribution in [0.4, 0.5) is 0 Å². The number of hydrogen-bond acceptors (Lipinski definition) is 15. The van der Waals surface area contributed by atoms with Crippen LogP contribution in [-0.4, -0.2) is 92.8 Å². The second-order valence-electron chi connectivity index (χ2n) is 9.02. The summed E-state index contributed by atoms with van der Waals surface area (Å²) in [5.41, 5.74) is 0.327. The molecule has 0 bridgehead atoms. The van der Waals surface area contributed by atoms with Gasteiger partial charge in [-0.3, -0.25) is 28.8 Å². The van der Waals surface area contributed by atoms with Crippen molar-refractivity contribution in [2.45, 2.75) is 66.2 Å². The van der Waals surface area contributed by atoms with Crippen LogP contribution in [-0.2, 0) is 71.6 Å². The Hall–Kier alpha value is -4.95. The fourth-order valence-electron chi connectivity index (χ4n) is 2.25. The van der Waals surface area contributed by atoms with E-state index in [0.717, 1.165) is 12.2 Å². The maximum atomic E-state index is 10.9. The molecule has 0 unspecified atom stereocenters. The van der Waals surface area contributed by atoms with Crippen LogP contribution < -0.4 is 0 Å². The van der Waals surface area contributed by atoms with Crippen molar-refractivity contribution in [2.24, 2.45) is 0 Å². The largest absolute Gasteiger partial charge is 0.465 e. The lowest BCUT2D eigenvalue weighted by Gasteiger charge is -2.05. The molecule has 0 atom stereocenters. The van der Waals surface area contributed by atoms with Crippen molar-refractivity contribution in [3.63, 3.8) is 0 Å². The molecule has 0 saturated carbocycles. The molecule has 0 fully saturated rings. The van der Waals surface area contributed by atoms with E-state index in [9.17, 15) is 43.2 Å². The number of ketones is 3. The molecule has 0 heterocycles. The van der Waals surface area contributed by atoms with E-state index >= 15 is 0 Å². The van der Waals surface area contributed by atoms with Gasteiger partial charge in [-0.05, 0) is 27.7 Å². The molecule has 0 spiro atoms. The Morgan fingerprint density at radius 2 is 0.717 bits per heavy atom. The molecule has 0 aromatic carbocycles. The first-order chi connectivity index (χ1) is 21.5. The van der Waals surface area contributed by atoms with Crippen molar-refractivity contribution in [1.82, 2.24) is 0 Å². The van der Waals surface area contributed by atoms with Crippen molar-refractivity contribution in [3.05, 3.63) is 37.5 Å². The van der Waals surface area contributed by atoms with Gasteiger partial charge >= 0.3 is 35.8 Å². The molecular formula is C31H44O15. The summed E-state index contributed by atoms with van der Waals surface area (Å²) in [5, 5.41) is 0. The standard InChI is InChI=1S/C11H16O5.2C10H14O5/c1-8(2)11(14)16-6-4-5-15-10(13)7-9(3)12;2*1-3-9(12)14-5-4-6-15-10(13)7-8(2)11/h1,4-7H2,2-3H3;2*3H,1,4-7H2,2H3. The fourth-order valence-corrected chi connectivity index (χ4v) is 2.25. The van der Waals surface area contributed by atoms with Gasteiger partial charge in [0, 0.05) is 37.0 Å². The Balaban J connectivity index is -0.000000603. The second-order valence-corrected chi connectivity index (χ2v) is 9.02. The third kappa shape index (κ3) is 37.1. The molecule has 0 aliphatic carbocycles. The topological polar surface area (TPSA) is 209 Å². The van der Waals surface area contributed by atoms with Gasteiger partial charge in [0.05, 0.1) is 39.6 Å². The molecule has 0 aromatic rings. The van der Waals surface area contributed by atoms with E-state index in [-0.39, 0.29) is 76.3 Å². The SMILES string of the molecule is C=C(C)C(=O)OCCCOC(=O)CC(C)=O.C=CC(=O)OCCCOC(=O)CC(C)=O.C=CC(=O)OCCCOC(=O)CC(C)=O. The molecule has 15 heteroatoms. The predicted octanol–water partition coefficient (Wildman–Crippen LogP) is 2.27. The second kappa shape index (κ2) is 30.1. The molecule has 0 saturated heterocycles. The van der Waals surface area contributed by atoms with Gasteiger partial charge < -0.3 is 28.4 Å². The molecule has 0 amide bonds. The third-order valence-corrected chi connectivity index (χ3v) is 4.24. The minimum absolute atomic E-state index is 0.135. The highest BCUT2D eigenvalue weighted by Crippen LogP contribution is 1.96. The number of Topliss-reactive ketones (excluding diaryl/α,β-unsaturated/α-hetero) is 3. The van der Waals surface area contributed by atoms with Crippen LogP contribution in [0.1, 0.15) is 66.2 Å². The maximum absolute atomic E-state index is 10.9. The molecule has 0 radical (unpaired) electrons. The first-order valence-corrected chi connectivity index (χ1v) is 13.9. The number of carbonyl (C=O) groups is 9. The average Bonchev–Trinajstić information content (AvgIpc) is 2.95. The Kier molecular flexibility index (Phi) is 29.8. The molecule has 258 valence electrons. The van der Waals surface area contributed by atoms with Crippen molar-refractivity contribution in [1.29, 1.82) is 0 Å². The van der Waals surface area contributed by atoms with E-state index in [1.807, 2.05) is 0 Å². The summed E-state index contributed by atoms with van der Waals surface area (Å²) in [6.07, 6.45) is 2.68. The Morgan fingerprint density at radius 1 is 0.457 bits per heavy atom. The molecule has 46 heavy (non-hydrogen) atoms. The highest BCUT2D eigenvalue weighted by molar-refractivity contribution is 5.95. The minimum Gasteiger partial charge on any atom is -0.465 e. The van der Waals surface area contributed by atoms with E-state index in [2.05, 4.69) is 29.2 Å². The van der Waals surface area contributed by atoms with E-state index in [1.54, 1.807) is 6.92 Å². The minimum atomic E-state index is -0.558. The van der Waals surface area contributed by atoms with Crippen molar-refractivity contribution >= 4 is 53.2 Å². The molecule has 15 nitrogen and oxygen atoms in total. The van der Waals surface area contributed by atoms with E-state index in [4.69, 9.17) is 18.9 Å². The number of hydrogen-bond donors (Lipinski definition) is 0. The summed E-state index contributed by atoms with van der Waals surface area (Å²) in [7, 11) is 0. The zero-order valence-electron chi connectivity index (χ0n) is 26.9. The summed E-state index contributed by atoms with van der Waals surface area (Å²) in [4.78, 5) is 96.1. The van der Waals surface area contributed by atoms with Gasteiger partial charge in [0.15, 0.2) is 0 Å². The lowest BCUT2D eigenvalue weighted by Crippen LogP contribution is -2.12. The Morgan fingerprint density at radius 3 is 0.957 bits per heavy atom. The zero-order chi connectivity index (χ0) is 35.9. The van der Waals surface area contributed by atoms with Crippen molar-refractivity contribution in [3.8, 4) is 0 Å². The van der Waals surface area contributed by atoms with Crippen LogP contribution in [0.25, 0.3) is 0 Å². The monoisotopic (exact) mass is 656 g/mol. The van der Waals surface area contributed by atoms with Gasteiger partial charge in [-0.2, -0.15) is 0 Å². The number of carbonyl (C=O) groups excluding carboxylic acids is 9. The average molecular weight is 657 g/mol. The maximum Gasteiger partial charge on any atom is 0.333 e. The van der Waals surface area contributed by atoms with Crippen LogP contribution in [0.2, 0.25) is 0 Å². The normalized spacial score (nSPS) is 9.22. The molecule has 0 aliphatic rings. The van der Waals surface area contributed by atoms with Gasteiger partial charge in [0.25, 0.3) is 0 Å². The highest BCUT2D eigenvalue weighted by Gasteiger charge is 2.08. The van der Waals surface area contributed by atoms with Crippen LogP contribution in [0, 0.1) is 0 Å². The summed E-state index contributed by atoms with van der Waals surface area (Å²) in [6.45, 7) is 16.3. The Bertz CT molecular complexity index is 1020. The Labute approximate surface area is 268 Å². The summed E-state index contributed by atoms with van der Waals surface area (Å²) >= 11 is 0. The van der Waals surface area contributed by atoms with Gasteiger partial charge in [0.1, 0.15) is 36.6 Å². The zero-order valence-corrected chi connectivity index (χ0v) is 26.9. The highest BCUT2D eigenvalue weighted by atomic mass is 16.6. The van der Waals surface area contributed by atoms with Crippen LogP contribution in [0.5, 0.6) is 0 Å². The van der Waals surface area contributed by atoms with Crippen LogP contribution in [0.15, 0.2) is 37.5 Å². The van der Waals surface area contributed by atoms with Gasteiger partial charge in [-0.1, -0.05) is 19.7 Å². The fraction of sp³-hybridized carbons (Fsp3) is 0.516. The van der Waals surface area contributed by atoms with Crippen molar-refractivity contribution in [2.75, 3.05) is 39.6 Å². The van der Waals surface area contributed by atoms with Crippen molar-refractivity contribution < 1.29 is 71.6 Å². The summed E-state index contributed by atoms with van der Waals surface area (Å²) in [6, 6.07) is 0. The first kappa shape index (κ1) is 45.5. The predicted molar refractivity (Wildman–Crippen MR) is 161 cm³/mol. The molecular weight excluding hydrogens is 612 g/mol. The lowest BCUT2D eigenvalue weighted by atomic mass is 10.3. The number of ether oxygens (including phenoxy) is 6. The van der Waals surface area contributed by atoms with Gasteiger partial charge in [-0.15, -0.1) is 0 Å². The first-order valence-electron chi connectivity index (χ1n) is 13.9. The third-order valence-electron chi connectivity index (χ3n) is 4.24. The lowest BCUT2D eigenvalue weighted by molar-refractivity contribution is -0.148. The summed E-state index contributed by atoms with van der Waals surface area (Å²) in [5.74, 6) is -3.87. The molecule has 0 aliphatic heterocycles. The van der Waals surface area contributed by atoms with E-state index in [1.165, 1.54) is 20.8 Å². The van der Waals surface area contributed by atoms with Gasteiger partial charge in [-0.25, -0.2) is 14.4 Å². The smallest absolute Gasteiger partial charge is 0.333 e. The summed E-state index contributed by atoms with van der Waals surface area (Å²) < 4.78 is 28.2. The molecule has 0 N–H and O–H groups in total. The van der Waals surface area contributed by atoms with E-state index in [0.29, 0.717) is 24.8 Å². The number of esters is 6. The quantitative estimate of drug-likeness (QED) is 0.0570.